The molecule has 172 valence electrons. The van der Waals surface area contributed by atoms with Crippen molar-refractivity contribution in [3.8, 4) is 0 Å². The molecule has 1 saturated heterocycles. The lowest BCUT2D eigenvalue weighted by Gasteiger charge is -2.19. The minimum atomic E-state index is -5.36. The smallest absolute Gasteiger partial charge is 0.387 e. The standard InChI is InChI=1S/C11H19N2O14P3/c1-5-2-13(11(17)12-9(5)16)10-8(15)7(14)6(26-10)3-25-30(23,24)27-29(21,22)4-28(18,19)20/h2,6-8,10,14-15H,3-4H2,1H3,(H,21,22)(H,23,24)(H,12,16,17)(H2,18,19,20)/t6-,7-,8-,10-/m1/s1. The van der Waals surface area contributed by atoms with Crippen LogP contribution in [-0.4, -0.2) is 70.2 Å². The Kier molecular flexibility index (Phi) is 7.47. The molecular weight excluding hydrogens is 477 g/mol. The minimum absolute atomic E-state index is 0.0802. The number of phosphoric acid groups is 1. The first-order chi connectivity index (χ1) is 13.5. The van der Waals surface area contributed by atoms with Crippen LogP contribution in [0.5, 0.6) is 0 Å². The zero-order chi connectivity index (χ0) is 23.1. The maximum absolute atomic E-state index is 11.9. The summed E-state index contributed by atoms with van der Waals surface area (Å²) >= 11 is 0. The summed E-state index contributed by atoms with van der Waals surface area (Å²) in [4.78, 5) is 61.4. The Bertz CT molecular complexity index is 1040. The molecule has 0 amide bonds. The highest BCUT2D eigenvalue weighted by Crippen LogP contribution is 2.65. The molecule has 16 nitrogen and oxygen atoms in total. The molecule has 6 atom stereocenters. The molecule has 0 bridgehead atoms. The molecule has 0 aromatic carbocycles. The van der Waals surface area contributed by atoms with Crippen molar-refractivity contribution in [1.29, 1.82) is 0 Å². The van der Waals surface area contributed by atoms with Crippen molar-refractivity contribution in [3.05, 3.63) is 32.6 Å². The van der Waals surface area contributed by atoms with E-state index in [4.69, 9.17) is 14.5 Å². The van der Waals surface area contributed by atoms with Crippen LogP contribution in [0, 0.1) is 6.92 Å². The molecular formula is C11H19N2O14P3. The Morgan fingerprint density at radius 1 is 1.13 bits per heavy atom. The number of aromatic nitrogens is 2. The molecule has 0 radical (unpaired) electrons. The summed E-state index contributed by atoms with van der Waals surface area (Å²) in [6.45, 7) is 0.368. The van der Waals surface area contributed by atoms with Crippen molar-refractivity contribution in [3.63, 3.8) is 0 Å². The molecule has 2 heterocycles. The molecule has 1 aromatic heterocycles. The summed E-state index contributed by atoms with van der Waals surface area (Å²) in [5.41, 5.74) is -1.58. The lowest BCUT2D eigenvalue weighted by molar-refractivity contribution is -0.0541. The van der Waals surface area contributed by atoms with E-state index in [0.29, 0.717) is 0 Å². The van der Waals surface area contributed by atoms with Crippen molar-refractivity contribution in [2.45, 2.75) is 31.5 Å². The van der Waals surface area contributed by atoms with E-state index in [1.165, 1.54) is 6.92 Å². The summed E-state index contributed by atoms with van der Waals surface area (Å²) in [7, 11) is -15.7. The topological polar surface area (TPSA) is 255 Å². The van der Waals surface area contributed by atoms with Gasteiger partial charge in [-0.05, 0) is 6.92 Å². The molecule has 0 saturated carbocycles. The van der Waals surface area contributed by atoms with Crippen LogP contribution in [0.4, 0.5) is 0 Å². The molecule has 2 unspecified atom stereocenters. The zero-order valence-electron chi connectivity index (χ0n) is 15.0. The fraction of sp³-hybridized carbons (Fsp3) is 0.636. The van der Waals surface area contributed by atoms with Crippen LogP contribution in [0.25, 0.3) is 0 Å². The van der Waals surface area contributed by atoms with Crippen LogP contribution < -0.4 is 11.2 Å². The van der Waals surface area contributed by atoms with Crippen molar-refractivity contribution in [2.24, 2.45) is 0 Å². The number of aliphatic hydroxyl groups excluding tert-OH is 2. The molecule has 1 aliphatic heterocycles. The summed E-state index contributed by atoms with van der Waals surface area (Å²) in [6, 6.07) is 0. The van der Waals surface area contributed by atoms with Crippen molar-refractivity contribution < 1.29 is 57.1 Å². The highest BCUT2D eigenvalue weighted by Gasteiger charge is 2.46. The zero-order valence-corrected chi connectivity index (χ0v) is 17.7. The number of hydrogen-bond acceptors (Lipinski definition) is 10. The SMILES string of the molecule is Cc1cn([C@@H]2O[C@H](COP(=O)(O)OP(=O)(O)CP(=O)(O)O)[C@@H](O)[C@H]2O)c(=O)[nH]c1=O. The highest BCUT2D eigenvalue weighted by atomic mass is 31.3. The number of aliphatic hydroxyl groups is 2. The van der Waals surface area contributed by atoms with Gasteiger partial charge < -0.3 is 34.5 Å². The van der Waals surface area contributed by atoms with Crippen LogP contribution in [0.3, 0.4) is 0 Å². The van der Waals surface area contributed by atoms with Gasteiger partial charge in [-0.2, -0.15) is 0 Å². The van der Waals surface area contributed by atoms with Crippen LogP contribution in [0.2, 0.25) is 0 Å². The number of nitrogens with one attached hydrogen (secondary N) is 1. The van der Waals surface area contributed by atoms with E-state index in [1.807, 2.05) is 4.98 Å². The fourth-order valence-electron chi connectivity index (χ4n) is 2.48. The number of nitrogens with zero attached hydrogens (tertiary/aromatic N) is 1. The highest BCUT2D eigenvalue weighted by molar-refractivity contribution is 7.73. The number of aryl methyl sites for hydroxylation is 1. The molecule has 7 N–H and O–H groups in total. The van der Waals surface area contributed by atoms with E-state index in [1.54, 1.807) is 0 Å². The number of H-pyrrole nitrogens is 1. The first-order valence-electron chi connectivity index (χ1n) is 7.90. The fourth-order valence-corrected chi connectivity index (χ4v) is 6.83. The van der Waals surface area contributed by atoms with E-state index in [0.717, 1.165) is 10.8 Å². The molecule has 1 fully saturated rings. The third-order valence-corrected chi connectivity index (χ3v) is 8.98. The van der Waals surface area contributed by atoms with Crippen molar-refractivity contribution in [2.75, 3.05) is 12.5 Å². The maximum Gasteiger partial charge on any atom is 0.479 e. The molecule has 19 heteroatoms. The van der Waals surface area contributed by atoms with Gasteiger partial charge in [-0.1, -0.05) is 0 Å². The van der Waals surface area contributed by atoms with Gasteiger partial charge in [0.2, 0.25) is 0 Å². The van der Waals surface area contributed by atoms with Gasteiger partial charge in [0, 0.05) is 11.8 Å². The van der Waals surface area contributed by atoms with Crippen LogP contribution >= 0.6 is 23.0 Å². The van der Waals surface area contributed by atoms with Gasteiger partial charge in [0.1, 0.15) is 18.3 Å². The molecule has 30 heavy (non-hydrogen) atoms. The van der Waals surface area contributed by atoms with E-state index < -0.39 is 71.3 Å². The number of hydrogen-bond donors (Lipinski definition) is 7. The number of phosphoric ester groups is 1. The van der Waals surface area contributed by atoms with E-state index >= 15 is 0 Å². The van der Waals surface area contributed by atoms with Crippen LogP contribution in [-0.2, 0) is 27.3 Å². The van der Waals surface area contributed by atoms with Gasteiger partial charge in [-0.15, -0.1) is 0 Å². The van der Waals surface area contributed by atoms with Gasteiger partial charge in [-0.3, -0.25) is 28.0 Å². The normalized spacial score (nSPS) is 28.8. The van der Waals surface area contributed by atoms with Crippen LogP contribution in [0.15, 0.2) is 15.8 Å². The third kappa shape index (κ3) is 6.50. The van der Waals surface area contributed by atoms with Gasteiger partial charge in [-0.25, -0.2) is 13.7 Å². The van der Waals surface area contributed by atoms with Crippen molar-refractivity contribution in [1.82, 2.24) is 9.55 Å². The number of rotatable bonds is 8. The Hall–Kier alpha value is -0.990. The van der Waals surface area contributed by atoms with Gasteiger partial charge >= 0.3 is 28.7 Å². The van der Waals surface area contributed by atoms with Gasteiger partial charge in [0.25, 0.3) is 5.56 Å². The van der Waals surface area contributed by atoms with E-state index in [9.17, 15) is 43.3 Å². The second-order valence-corrected chi connectivity index (χ2v) is 11.9. The van der Waals surface area contributed by atoms with Crippen LogP contribution in [0.1, 0.15) is 11.8 Å². The van der Waals surface area contributed by atoms with Gasteiger partial charge in [0.05, 0.1) is 6.61 Å². The first kappa shape index (κ1) is 25.3. The predicted octanol–water partition coefficient (Wildman–Crippen LogP) is -2.08. The van der Waals surface area contributed by atoms with E-state index in [-0.39, 0.29) is 5.56 Å². The third-order valence-electron chi connectivity index (χ3n) is 3.75. The summed E-state index contributed by atoms with van der Waals surface area (Å²) in [5, 5.41) is 20.1. The maximum atomic E-state index is 11.9. The van der Waals surface area contributed by atoms with E-state index in [2.05, 4.69) is 8.83 Å². The Balaban J connectivity index is 2.09. The molecule has 2 rings (SSSR count). The lowest BCUT2D eigenvalue weighted by atomic mass is 10.1. The largest absolute Gasteiger partial charge is 0.479 e. The predicted molar refractivity (Wildman–Crippen MR) is 95.6 cm³/mol. The summed E-state index contributed by atoms with van der Waals surface area (Å²) < 4.78 is 48.4. The minimum Gasteiger partial charge on any atom is -0.387 e. The van der Waals surface area contributed by atoms with Crippen molar-refractivity contribution >= 4 is 23.0 Å². The second kappa shape index (κ2) is 8.87. The summed E-state index contributed by atoms with van der Waals surface area (Å²) in [6.07, 6.45) is -5.50. The molecule has 0 spiro atoms. The molecule has 1 aromatic rings. The lowest BCUT2D eigenvalue weighted by Crippen LogP contribution is -2.38. The monoisotopic (exact) mass is 496 g/mol. The molecule has 1 aliphatic rings. The quantitative estimate of drug-likeness (QED) is 0.191. The Labute approximate surface area is 167 Å². The Morgan fingerprint density at radius 2 is 1.73 bits per heavy atom. The second-order valence-electron chi connectivity index (χ2n) is 6.31. The average molecular weight is 496 g/mol. The summed E-state index contributed by atoms with van der Waals surface area (Å²) in [5.74, 6) is -1.74. The number of aromatic amines is 1. The Morgan fingerprint density at radius 3 is 2.30 bits per heavy atom. The number of ether oxygens (including phenoxy) is 1. The molecule has 0 aliphatic carbocycles. The van der Waals surface area contributed by atoms with Gasteiger partial charge in [0.15, 0.2) is 12.1 Å². The average Bonchev–Trinajstić information content (AvgIpc) is 2.81. The first-order valence-corrected chi connectivity index (χ1v) is 13.0.